The topological polar surface area (TPSA) is 21.3 Å². The Hall–Kier alpha value is -2.10. The molecule has 2 aromatic rings. The molecule has 0 amide bonds. The van der Waals surface area contributed by atoms with Gasteiger partial charge in [-0.3, -0.25) is 0 Å². The van der Waals surface area contributed by atoms with Crippen LogP contribution in [0.15, 0.2) is 54.6 Å². The van der Waals surface area contributed by atoms with Crippen molar-refractivity contribution in [2.75, 3.05) is 5.32 Å². The molecule has 2 rings (SSSR count). The van der Waals surface area contributed by atoms with Crippen molar-refractivity contribution in [3.05, 3.63) is 60.2 Å². The molecular weight excluding hydrogens is 248 g/mol. The maximum absolute atomic E-state index is 12.3. The highest BCUT2D eigenvalue weighted by atomic mass is 19.3. The lowest BCUT2D eigenvalue weighted by molar-refractivity contribution is -0.0493. The molecule has 2 aromatic carbocycles. The molecule has 0 saturated carbocycles. The van der Waals surface area contributed by atoms with Gasteiger partial charge in [-0.25, -0.2) is 0 Å². The minimum Gasteiger partial charge on any atom is -0.433 e. The zero-order valence-corrected chi connectivity index (χ0v) is 10.5. The zero-order valence-electron chi connectivity index (χ0n) is 10.5. The fraction of sp³-hybridized carbons (Fsp3) is 0.200. The molecule has 1 unspecified atom stereocenters. The van der Waals surface area contributed by atoms with Crippen molar-refractivity contribution in [3.63, 3.8) is 0 Å². The first-order valence-electron chi connectivity index (χ1n) is 6.02. The standard InChI is InChI=1S/C15H15F2NO/c1-11(12-7-3-2-4-8-12)18-13-9-5-6-10-14(13)19-15(16)17/h2-11,15,18H,1H3. The first kappa shape index (κ1) is 13.3. The summed E-state index contributed by atoms with van der Waals surface area (Å²) < 4.78 is 29.1. The van der Waals surface area contributed by atoms with Crippen LogP contribution < -0.4 is 10.1 Å². The van der Waals surface area contributed by atoms with Gasteiger partial charge in [-0.1, -0.05) is 42.5 Å². The highest BCUT2D eigenvalue weighted by molar-refractivity contribution is 5.57. The summed E-state index contributed by atoms with van der Waals surface area (Å²) in [5.41, 5.74) is 1.63. The Labute approximate surface area is 111 Å². The van der Waals surface area contributed by atoms with Gasteiger partial charge in [-0.05, 0) is 24.6 Å². The van der Waals surface area contributed by atoms with Gasteiger partial charge < -0.3 is 10.1 Å². The van der Waals surface area contributed by atoms with Crippen LogP contribution in [0.5, 0.6) is 5.75 Å². The maximum Gasteiger partial charge on any atom is 0.387 e. The Balaban J connectivity index is 2.15. The minimum absolute atomic E-state index is 0.00335. The summed E-state index contributed by atoms with van der Waals surface area (Å²) in [6.07, 6.45) is 0. The van der Waals surface area contributed by atoms with E-state index in [4.69, 9.17) is 0 Å². The molecule has 0 spiro atoms. The van der Waals surface area contributed by atoms with Crippen molar-refractivity contribution in [1.82, 2.24) is 0 Å². The third-order valence-corrected chi connectivity index (χ3v) is 2.77. The van der Waals surface area contributed by atoms with E-state index in [1.165, 1.54) is 6.07 Å². The lowest BCUT2D eigenvalue weighted by Crippen LogP contribution is -2.09. The van der Waals surface area contributed by atoms with Crippen LogP contribution in [0.1, 0.15) is 18.5 Å². The third-order valence-electron chi connectivity index (χ3n) is 2.77. The number of hydrogen-bond acceptors (Lipinski definition) is 2. The second-order valence-corrected chi connectivity index (χ2v) is 4.15. The first-order valence-corrected chi connectivity index (χ1v) is 6.02. The summed E-state index contributed by atoms with van der Waals surface area (Å²) >= 11 is 0. The van der Waals surface area contributed by atoms with Crippen molar-refractivity contribution < 1.29 is 13.5 Å². The molecule has 0 aliphatic rings. The fourth-order valence-corrected chi connectivity index (χ4v) is 1.84. The highest BCUT2D eigenvalue weighted by Gasteiger charge is 2.11. The maximum atomic E-state index is 12.3. The van der Waals surface area contributed by atoms with E-state index in [0.717, 1.165) is 5.56 Å². The van der Waals surface area contributed by atoms with Gasteiger partial charge in [0.2, 0.25) is 0 Å². The number of rotatable bonds is 5. The van der Waals surface area contributed by atoms with Gasteiger partial charge in [0.05, 0.1) is 5.69 Å². The first-order chi connectivity index (χ1) is 9.16. The van der Waals surface area contributed by atoms with Gasteiger partial charge >= 0.3 is 6.61 Å². The Morgan fingerprint density at radius 3 is 2.26 bits per heavy atom. The van der Waals surface area contributed by atoms with Crippen molar-refractivity contribution in [3.8, 4) is 5.75 Å². The fourth-order valence-electron chi connectivity index (χ4n) is 1.84. The van der Waals surface area contributed by atoms with Crippen LogP contribution in [-0.4, -0.2) is 6.61 Å². The summed E-state index contributed by atoms with van der Waals surface area (Å²) in [5, 5.41) is 3.17. The van der Waals surface area contributed by atoms with E-state index < -0.39 is 6.61 Å². The van der Waals surface area contributed by atoms with E-state index in [1.54, 1.807) is 18.2 Å². The van der Waals surface area contributed by atoms with Crippen LogP contribution in [0.2, 0.25) is 0 Å². The summed E-state index contributed by atoms with van der Waals surface area (Å²) in [5.74, 6) is 0.153. The van der Waals surface area contributed by atoms with Crippen LogP contribution in [0.25, 0.3) is 0 Å². The van der Waals surface area contributed by atoms with Gasteiger partial charge in [-0.2, -0.15) is 8.78 Å². The van der Waals surface area contributed by atoms with Gasteiger partial charge in [0.1, 0.15) is 5.75 Å². The van der Waals surface area contributed by atoms with Gasteiger partial charge in [0.15, 0.2) is 0 Å². The molecule has 1 atom stereocenters. The van der Waals surface area contributed by atoms with E-state index in [-0.39, 0.29) is 11.8 Å². The Morgan fingerprint density at radius 2 is 1.58 bits per heavy atom. The number of para-hydroxylation sites is 2. The van der Waals surface area contributed by atoms with Gasteiger partial charge in [-0.15, -0.1) is 0 Å². The second-order valence-electron chi connectivity index (χ2n) is 4.15. The Kier molecular flexibility index (Phi) is 4.34. The molecule has 0 aliphatic carbocycles. The van der Waals surface area contributed by atoms with Crippen molar-refractivity contribution in [1.29, 1.82) is 0 Å². The average Bonchev–Trinajstić information content (AvgIpc) is 2.41. The molecule has 4 heteroatoms. The lowest BCUT2D eigenvalue weighted by atomic mass is 10.1. The minimum atomic E-state index is -2.82. The largest absolute Gasteiger partial charge is 0.433 e. The highest BCUT2D eigenvalue weighted by Crippen LogP contribution is 2.29. The molecule has 2 nitrogen and oxygen atoms in total. The summed E-state index contributed by atoms with van der Waals surface area (Å²) in [7, 11) is 0. The second kappa shape index (κ2) is 6.18. The molecule has 0 radical (unpaired) electrons. The smallest absolute Gasteiger partial charge is 0.387 e. The van der Waals surface area contributed by atoms with E-state index in [9.17, 15) is 8.78 Å². The van der Waals surface area contributed by atoms with E-state index in [2.05, 4.69) is 10.1 Å². The Morgan fingerprint density at radius 1 is 0.947 bits per heavy atom. The number of hydrogen-bond donors (Lipinski definition) is 1. The van der Waals surface area contributed by atoms with E-state index in [1.807, 2.05) is 37.3 Å². The quantitative estimate of drug-likeness (QED) is 0.859. The third kappa shape index (κ3) is 3.68. The number of halogens is 2. The predicted octanol–water partition coefficient (Wildman–Crippen LogP) is 4.46. The summed E-state index contributed by atoms with van der Waals surface area (Å²) in [6.45, 7) is -0.857. The zero-order chi connectivity index (χ0) is 13.7. The number of benzene rings is 2. The molecule has 0 heterocycles. The SMILES string of the molecule is CC(Nc1ccccc1OC(F)F)c1ccccc1. The van der Waals surface area contributed by atoms with E-state index in [0.29, 0.717) is 5.69 Å². The number of nitrogens with one attached hydrogen (secondary N) is 1. The molecule has 0 aromatic heterocycles. The Bertz CT molecular complexity index is 517. The van der Waals surface area contributed by atoms with Crippen molar-refractivity contribution in [2.24, 2.45) is 0 Å². The van der Waals surface area contributed by atoms with Crippen LogP contribution >= 0.6 is 0 Å². The predicted molar refractivity (Wildman–Crippen MR) is 71.6 cm³/mol. The van der Waals surface area contributed by atoms with Crippen LogP contribution in [0, 0.1) is 0 Å². The molecular formula is C15H15F2NO. The number of ether oxygens (including phenoxy) is 1. The molecule has 19 heavy (non-hydrogen) atoms. The summed E-state index contributed by atoms with van der Waals surface area (Å²) in [4.78, 5) is 0. The van der Waals surface area contributed by atoms with Crippen LogP contribution in [0.4, 0.5) is 14.5 Å². The monoisotopic (exact) mass is 263 g/mol. The summed E-state index contributed by atoms with van der Waals surface area (Å²) in [6, 6.07) is 16.5. The molecule has 100 valence electrons. The van der Waals surface area contributed by atoms with Crippen LogP contribution in [-0.2, 0) is 0 Å². The van der Waals surface area contributed by atoms with Gasteiger partial charge in [0, 0.05) is 6.04 Å². The molecule has 0 saturated heterocycles. The average molecular weight is 263 g/mol. The van der Waals surface area contributed by atoms with Crippen molar-refractivity contribution in [2.45, 2.75) is 19.6 Å². The number of alkyl halides is 2. The van der Waals surface area contributed by atoms with E-state index >= 15 is 0 Å². The normalized spacial score (nSPS) is 12.2. The molecule has 0 bridgehead atoms. The van der Waals surface area contributed by atoms with Gasteiger partial charge in [0.25, 0.3) is 0 Å². The number of anilines is 1. The van der Waals surface area contributed by atoms with Crippen molar-refractivity contribution >= 4 is 5.69 Å². The molecule has 0 aliphatic heterocycles. The lowest BCUT2D eigenvalue weighted by Gasteiger charge is -2.18. The molecule has 0 fully saturated rings. The van der Waals surface area contributed by atoms with Crippen LogP contribution in [0.3, 0.4) is 0 Å². The molecule has 1 N–H and O–H groups in total.